The van der Waals surface area contributed by atoms with Crippen LogP contribution in [0.2, 0.25) is 0 Å². The van der Waals surface area contributed by atoms with Crippen LogP contribution in [0.15, 0.2) is 11.8 Å². The highest BCUT2D eigenvalue weighted by molar-refractivity contribution is 8.24. The quantitative estimate of drug-likeness (QED) is 0.639. The maximum Gasteiger partial charge on any atom is 0.0953 e. The van der Waals surface area contributed by atoms with Crippen molar-refractivity contribution in [3.63, 3.8) is 0 Å². The summed E-state index contributed by atoms with van der Waals surface area (Å²) in [6.07, 6.45) is 2.45. The fraction of sp³-hybridized carbons (Fsp3) is 0.625. The maximum atomic E-state index is 9.26. The highest BCUT2D eigenvalue weighted by Crippen LogP contribution is 2.31. The minimum atomic E-state index is 0.437. The van der Waals surface area contributed by atoms with Crippen LogP contribution in [0.25, 0.3) is 0 Å². The van der Waals surface area contributed by atoms with E-state index < -0.39 is 0 Å². The average molecular weight is 188 g/mol. The number of thioether (sulfide) groups is 1. The van der Waals surface area contributed by atoms with Crippen molar-refractivity contribution < 1.29 is 5.11 Å². The van der Waals surface area contributed by atoms with Gasteiger partial charge in [0.25, 0.3) is 0 Å². The van der Waals surface area contributed by atoms with E-state index in [0.717, 1.165) is 10.6 Å². The van der Waals surface area contributed by atoms with E-state index in [1.165, 1.54) is 0 Å². The molecule has 0 saturated carbocycles. The van der Waals surface area contributed by atoms with Gasteiger partial charge in [0.2, 0.25) is 0 Å². The van der Waals surface area contributed by atoms with Crippen molar-refractivity contribution in [2.45, 2.75) is 25.5 Å². The lowest BCUT2D eigenvalue weighted by Crippen LogP contribution is -2.17. The molecule has 0 unspecified atom stereocenters. The van der Waals surface area contributed by atoms with Crippen molar-refractivity contribution >= 4 is 28.2 Å². The second-order valence-electron chi connectivity index (χ2n) is 3.06. The Morgan fingerprint density at radius 1 is 1.73 bits per heavy atom. The van der Waals surface area contributed by atoms with Crippen LogP contribution in [0, 0.1) is 5.92 Å². The number of hydrogen-bond acceptors (Lipinski definition) is 3. The Hall–Kier alpha value is -0.0200. The lowest BCUT2D eigenvalue weighted by molar-refractivity contribution is 0.375. The molecule has 1 aliphatic rings. The molecule has 1 aliphatic heterocycles. The third-order valence-corrected chi connectivity index (χ3v) is 3.48. The molecule has 0 amide bonds. The van der Waals surface area contributed by atoms with Gasteiger partial charge in [0.1, 0.15) is 0 Å². The van der Waals surface area contributed by atoms with Crippen molar-refractivity contribution in [1.29, 1.82) is 0 Å². The second-order valence-corrected chi connectivity index (χ2v) is 5.04. The molecule has 1 nitrogen and oxygen atoms in total. The van der Waals surface area contributed by atoms with Gasteiger partial charge in [-0.05, 0) is 5.92 Å². The van der Waals surface area contributed by atoms with Crippen LogP contribution in [-0.4, -0.2) is 14.6 Å². The van der Waals surface area contributed by atoms with Crippen molar-refractivity contribution in [1.82, 2.24) is 0 Å². The lowest BCUT2D eigenvalue weighted by Gasteiger charge is -2.22. The Balaban J connectivity index is 2.64. The van der Waals surface area contributed by atoms with Crippen molar-refractivity contribution in [2.75, 3.05) is 0 Å². The molecule has 0 saturated heterocycles. The first-order valence-corrected chi connectivity index (χ1v) is 4.98. The van der Waals surface area contributed by atoms with Crippen LogP contribution in [0.4, 0.5) is 0 Å². The van der Waals surface area contributed by atoms with Gasteiger partial charge in [0, 0.05) is 17.7 Å². The topological polar surface area (TPSA) is 20.2 Å². The molecule has 0 aromatic heterocycles. The standard InChI is InChI=1S/C8H12OS2/c1-5(2)7-3-6(9)4-8(10)11-7/h4-5,7,9H,3H2,1-2H3/t7-/m1/s1. The predicted octanol–water partition coefficient (Wildman–Crippen LogP) is 2.92. The van der Waals surface area contributed by atoms with Gasteiger partial charge in [-0.1, -0.05) is 26.1 Å². The van der Waals surface area contributed by atoms with Crippen molar-refractivity contribution in [2.24, 2.45) is 5.92 Å². The number of thiocarbonyl (C=S) groups is 1. The first kappa shape index (κ1) is 9.07. The van der Waals surface area contributed by atoms with Gasteiger partial charge in [-0.15, -0.1) is 11.8 Å². The van der Waals surface area contributed by atoms with Crippen LogP contribution in [0.1, 0.15) is 20.3 Å². The Labute approximate surface area is 76.9 Å². The summed E-state index contributed by atoms with van der Waals surface area (Å²) < 4.78 is 0.812. The summed E-state index contributed by atoms with van der Waals surface area (Å²) in [5.41, 5.74) is 0. The SMILES string of the molecule is CC(C)[C@H]1CC(O)=CC(=S)S1. The van der Waals surface area contributed by atoms with Crippen molar-refractivity contribution in [3.05, 3.63) is 11.8 Å². The summed E-state index contributed by atoms with van der Waals surface area (Å²) in [7, 11) is 0. The Morgan fingerprint density at radius 3 is 2.82 bits per heavy atom. The van der Waals surface area contributed by atoms with E-state index in [0.29, 0.717) is 16.9 Å². The van der Waals surface area contributed by atoms with E-state index in [4.69, 9.17) is 12.2 Å². The molecule has 0 aromatic carbocycles. The summed E-state index contributed by atoms with van der Waals surface area (Å²) in [4.78, 5) is 0. The fourth-order valence-electron chi connectivity index (χ4n) is 0.998. The van der Waals surface area contributed by atoms with Crippen LogP contribution in [-0.2, 0) is 0 Å². The number of aliphatic hydroxyl groups is 1. The lowest BCUT2D eigenvalue weighted by atomic mass is 10.1. The molecule has 0 bridgehead atoms. The molecule has 0 aliphatic carbocycles. The van der Waals surface area contributed by atoms with Gasteiger partial charge in [0.05, 0.1) is 9.96 Å². The van der Waals surface area contributed by atoms with Gasteiger partial charge in [-0.25, -0.2) is 0 Å². The second kappa shape index (κ2) is 3.59. The van der Waals surface area contributed by atoms with Crippen molar-refractivity contribution in [3.8, 4) is 0 Å². The van der Waals surface area contributed by atoms with E-state index in [2.05, 4.69) is 13.8 Å². The highest BCUT2D eigenvalue weighted by Gasteiger charge is 2.21. The zero-order valence-electron chi connectivity index (χ0n) is 6.70. The van der Waals surface area contributed by atoms with E-state index in [1.54, 1.807) is 17.8 Å². The van der Waals surface area contributed by atoms with E-state index in [1.807, 2.05) is 0 Å². The predicted molar refractivity (Wildman–Crippen MR) is 54.1 cm³/mol. The Morgan fingerprint density at radius 2 is 2.36 bits per heavy atom. The summed E-state index contributed by atoms with van der Waals surface area (Å²) in [6, 6.07) is 0. The zero-order chi connectivity index (χ0) is 8.43. The van der Waals surface area contributed by atoms with E-state index >= 15 is 0 Å². The molecular weight excluding hydrogens is 176 g/mol. The van der Waals surface area contributed by atoms with E-state index in [9.17, 15) is 5.11 Å². The third kappa shape index (κ3) is 2.49. The molecule has 62 valence electrons. The molecule has 0 aromatic rings. The number of hydrogen-bond donors (Lipinski definition) is 1. The molecule has 0 fully saturated rings. The fourth-order valence-corrected chi connectivity index (χ4v) is 2.53. The number of allylic oxidation sites excluding steroid dienone is 1. The molecule has 1 rings (SSSR count). The number of aliphatic hydroxyl groups excluding tert-OH is 1. The number of rotatable bonds is 1. The Bertz CT molecular complexity index is 196. The van der Waals surface area contributed by atoms with Gasteiger partial charge < -0.3 is 5.11 Å². The van der Waals surface area contributed by atoms with Gasteiger partial charge in [-0.2, -0.15) is 0 Å². The smallest absolute Gasteiger partial charge is 0.0953 e. The molecule has 0 radical (unpaired) electrons. The normalized spacial score (nSPS) is 25.5. The maximum absolute atomic E-state index is 9.26. The molecular formula is C8H12OS2. The van der Waals surface area contributed by atoms with E-state index in [-0.39, 0.29) is 0 Å². The third-order valence-electron chi connectivity index (χ3n) is 1.71. The first-order chi connectivity index (χ1) is 5.09. The molecule has 1 atom stereocenters. The first-order valence-electron chi connectivity index (χ1n) is 3.69. The zero-order valence-corrected chi connectivity index (χ0v) is 8.34. The summed E-state index contributed by atoms with van der Waals surface area (Å²) in [6.45, 7) is 4.30. The van der Waals surface area contributed by atoms with Crippen LogP contribution >= 0.6 is 24.0 Å². The van der Waals surface area contributed by atoms with Crippen LogP contribution in [0.5, 0.6) is 0 Å². The van der Waals surface area contributed by atoms with Gasteiger partial charge >= 0.3 is 0 Å². The summed E-state index contributed by atoms with van der Waals surface area (Å²) >= 11 is 6.70. The molecule has 1 heterocycles. The molecule has 3 heteroatoms. The molecule has 1 N–H and O–H groups in total. The monoisotopic (exact) mass is 188 g/mol. The molecule has 0 spiro atoms. The van der Waals surface area contributed by atoms with Crippen LogP contribution in [0.3, 0.4) is 0 Å². The minimum Gasteiger partial charge on any atom is -0.512 e. The van der Waals surface area contributed by atoms with Crippen LogP contribution < -0.4 is 0 Å². The molecule has 11 heavy (non-hydrogen) atoms. The Kier molecular flexibility index (Phi) is 2.96. The largest absolute Gasteiger partial charge is 0.512 e. The average Bonchev–Trinajstić information content (AvgIpc) is 1.85. The summed E-state index contributed by atoms with van der Waals surface area (Å²) in [5, 5.41) is 9.72. The summed E-state index contributed by atoms with van der Waals surface area (Å²) in [5.74, 6) is 1.02. The van der Waals surface area contributed by atoms with Gasteiger partial charge in [-0.3, -0.25) is 0 Å². The highest BCUT2D eigenvalue weighted by atomic mass is 32.2. The minimum absolute atomic E-state index is 0.437. The van der Waals surface area contributed by atoms with Gasteiger partial charge in [0.15, 0.2) is 0 Å².